The minimum atomic E-state index is -1.04. The van der Waals surface area contributed by atoms with E-state index in [0.717, 1.165) is 0 Å². The Morgan fingerprint density at radius 3 is 2.76 bits per heavy atom. The van der Waals surface area contributed by atoms with E-state index in [4.69, 9.17) is 9.84 Å². The Balaban J connectivity index is 2.60. The second kappa shape index (κ2) is 6.28. The highest BCUT2D eigenvalue weighted by Gasteiger charge is 2.01. The predicted octanol–water partition coefficient (Wildman–Crippen LogP) is 1.08. The maximum absolute atomic E-state index is 11.0. The molecule has 0 aromatic carbocycles. The number of carbonyl (C=O) groups is 2. The average Bonchev–Trinajstić information content (AvgIpc) is 2.30. The van der Waals surface area contributed by atoms with E-state index in [1.54, 1.807) is 6.92 Å². The number of carbonyl (C=O) groups excluding carboxylic acids is 1. The van der Waals surface area contributed by atoms with Crippen LogP contribution in [0.1, 0.15) is 29.4 Å². The van der Waals surface area contributed by atoms with Crippen LogP contribution in [-0.4, -0.2) is 28.6 Å². The van der Waals surface area contributed by atoms with Crippen molar-refractivity contribution in [2.45, 2.75) is 13.3 Å². The van der Waals surface area contributed by atoms with Crippen LogP contribution in [0.4, 0.5) is 0 Å². The van der Waals surface area contributed by atoms with Gasteiger partial charge in [-0.2, -0.15) is 0 Å². The van der Waals surface area contributed by atoms with Crippen molar-refractivity contribution < 1.29 is 19.4 Å². The number of hydrogen-bond donors (Lipinski definition) is 1. The molecular weight excluding hydrogens is 222 g/mol. The zero-order valence-corrected chi connectivity index (χ0v) is 9.27. The zero-order valence-electron chi connectivity index (χ0n) is 9.27. The van der Waals surface area contributed by atoms with Crippen LogP contribution in [0.5, 0.6) is 0 Å². The molecule has 0 aliphatic heterocycles. The third-order valence-corrected chi connectivity index (χ3v) is 1.76. The van der Waals surface area contributed by atoms with Crippen LogP contribution >= 0.6 is 0 Å². The Morgan fingerprint density at radius 2 is 2.24 bits per heavy atom. The molecular formula is C12H11NO4. The van der Waals surface area contributed by atoms with Gasteiger partial charge in [0.15, 0.2) is 0 Å². The van der Waals surface area contributed by atoms with Crippen molar-refractivity contribution in [3.05, 3.63) is 29.6 Å². The predicted molar refractivity (Wildman–Crippen MR) is 59.3 cm³/mol. The molecule has 0 aliphatic carbocycles. The molecule has 1 N–H and O–H groups in total. The second-order valence-electron chi connectivity index (χ2n) is 3.02. The van der Waals surface area contributed by atoms with E-state index in [1.807, 2.05) is 0 Å². The molecule has 1 aromatic rings. The zero-order chi connectivity index (χ0) is 12.7. The maximum atomic E-state index is 11.0. The molecule has 0 amide bonds. The lowest BCUT2D eigenvalue weighted by molar-refractivity contribution is -0.141. The number of rotatable bonds is 3. The highest BCUT2D eigenvalue weighted by molar-refractivity contribution is 5.87. The first-order valence-electron chi connectivity index (χ1n) is 4.97. The fraction of sp³-hybridized carbons (Fsp3) is 0.250. The first-order chi connectivity index (χ1) is 8.13. The van der Waals surface area contributed by atoms with Crippen LogP contribution in [0.2, 0.25) is 0 Å². The second-order valence-corrected chi connectivity index (χ2v) is 3.02. The fourth-order valence-electron chi connectivity index (χ4n) is 1.01. The van der Waals surface area contributed by atoms with E-state index >= 15 is 0 Å². The molecule has 0 fully saturated rings. The van der Waals surface area contributed by atoms with E-state index in [2.05, 4.69) is 16.8 Å². The lowest BCUT2D eigenvalue weighted by Gasteiger charge is -1.95. The number of nitrogens with zero attached hydrogens (tertiary/aromatic N) is 1. The van der Waals surface area contributed by atoms with Crippen molar-refractivity contribution >= 4 is 11.9 Å². The van der Waals surface area contributed by atoms with Crippen LogP contribution in [0.15, 0.2) is 18.3 Å². The van der Waals surface area contributed by atoms with E-state index in [9.17, 15) is 9.59 Å². The number of carboxylic acids is 1. The standard InChI is InChI=1S/C12H11NO4/c1-2-17-11(14)5-3-4-10-7-6-9(8-13-10)12(15)16/h6-8H,2,5H2,1H3,(H,15,16). The average molecular weight is 233 g/mol. The normalized spacial score (nSPS) is 9.00. The van der Waals surface area contributed by atoms with Gasteiger partial charge in [0.2, 0.25) is 0 Å². The van der Waals surface area contributed by atoms with Gasteiger partial charge < -0.3 is 9.84 Å². The first-order valence-corrected chi connectivity index (χ1v) is 4.97. The molecule has 0 aliphatic rings. The lowest BCUT2D eigenvalue weighted by atomic mass is 10.2. The SMILES string of the molecule is CCOC(=O)CC#Cc1ccc(C(=O)O)cn1. The van der Waals surface area contributed by atoms with Crippen LogP contribution in [0.3, 0.4) is 0 Å². The molecule has 88 valence electrons. The fourth-order valence-corrected chi connectivity index (χ4v) is 1.01. The monoisotopic (exact) mass is 233 g/mol. The largest absolute Gasteiger partial charge is 0.478 e. The highest BCUT2D eigenvalue weighted by atomic mass is 16.5. The summed E-state index contributed by atoms with van der Waals surface area (Å²) in [5.74, 6) is 3.82. The van der Waals surface area contributed by atoms with Gasteiger partial charge in [0.25, 0.3) is 0 Å². The summed E-state index contributed by atoms with van der Waals surface area (Å²) in [7, 11) is 0. The summed E-state index contributed by atoms with van der Waals surface area (Å²) in [4.78, 5) is 25.3. The van der Waals surface area contributed by atoms with E-state index in [1.165, 1.54) is 18.3 Å². The summed E-state index contributed by atoms with van der Waals surface area (Å²) in [5, 5.41) is 8.65. The molecule has 5 heteroatoms. The van der Waals surface area contributed by atoms with Crippen LogP contribution < -0.4 is 0 Å². The molecule has 1 heterocycles. The number of esters is 1. The third-order valence-electron chi connectivity index (χ3n) is 1.76. The maximum Gasteiger partial charge on any atom is 0.337 e. The summed E-state index contributed by atoms with van der Waals surface area (Å²) < 4.78 is 4.69. The number of pyridine rings is 1. The molecule has 0 atom stereocenters. The molecule has 17 heavy (non-hydrogen) atoms. The van der Waals surface area contributed by atoms with Gasteiger partial charge in [-0.05, 0) is 25.0 Å². The van der Waals surface area contributed by atoms with Crippen LogP contribution in [-0.2, 0) is 9.53 Å². The third kappa shape index (κ3) is 4.34. The smallest absolute Gasteiger partial charge is 0.337 e. The molecule has 1 aromatic heterocycles. The van der Waals surface area contributed by atoms with Crippen molar-refractivity contribution in [2.24, 2.45) is 0 Å². The first kappa shape index (κ1) is 12.7. The van der Waals surface area contributed by atoms with Gasteiger partial charge in [0.05, 0.1) is 12.2 Å². The molecule has 0 unspecified atom stereocenters. The van der Waals surface area contributed by atoms with Gasteiger partial charge in [-0.1, -0.05) is 5.92 Å². The molecule has 0 saturated carbocycles. The van der Waals surface area contributed by atoms with Gasteiger partial charge >= 0.3 is 11.9 Å². The van der Waals surface area contributed by atoms with Crippen molar-refractivity contribution in [3.63, 3.8) is 0 Å². The Bertz CT molecular complexity index is 468. The molecule has 5 nitrogen and oxygen atoms in total. The number of aromatic carboxylic acids is 1. The Hall–Kier alpha value is -2.35. The van der Waals surface area contributed by atoms with Crippen molar-refractivity contribution in [1.82, 2.24) is 4.98 Å². The van der Waals surface area contributed by atoms with Crippen molar-refractivity contribution in [2.75, 3.05) is 6.61 Å². The van der Waals surface area contributed by atoms with Gasteiger partial charge in [-0.3, -0.25) is 4.79 Å². The van der Waals surface area contributed by atoms with Crippen molar-refractivity contribution in [3.8, 4) is 11.8 Å². The topological polar surface area (TPSA) is 76.5 Å². The van der Waals surface area contributed by atoms with Gasteiger partial charge in [-0.25, -0.2) is 9.78 Å². The van der Waals surface area contributed by atoms with Crippen molar-refractivity contribution in [1.29, 1.82) is 0 Å². The van der Waals surface area contributed by atoms with Crippen LogP contribution in [0, 0.1) is 11.8 Å². The number of ether oxygens (including phenoxy) is 1. The molecule has 0 radical (unpaired) electrons. The lowest BCUT2D eigenvalue weighted by Crippen LogP contribution is -2.01. The summed E-state index contributed by atoms with van der Waals surface area (Å²) in [6.07, 6.45) is 1.22. The Kier molecular flexibility index (Phi) is 4.70. The Labute approximate surface area is 98.4 Å². The van der Waals surface area contributed by atoms with E-state index in [-0.39, 0.29) is 18.0 Å². The summed E-state index contributed by atoms with van der Waals surface area (Å²) in [5.41, 5.74) is 0.514. The molecule has 0 bridgehead atoms. The summed E-state index contributed by atoms with van der Waals surface area (Å²) in [6, 6.07) is 2.89. The number of hydrogen-bond acceptors (Lipinski definition) is 4. The highest BCUT2D eigenvalue weighted by Crippen LogP contribution is 1.99. The van der Waals surface area contributed by atoms with Gasteiger partial charge in [0, 0.05) is 6.20 Å². The van der Waals surface area contributed by atoms with Crippen LogP contribution in [0.25, 0.3) is 0 Å². The summed E-state index contributed by atoms with van der Waals surface area (Å²) >= 11 is 0. The quantitative estimate of drug-likeness (QED) is 0.624. The molecule has 0 spiro atoms. The van der Waals surface area contributed by atoms with E-state index < -0.39 is 5.97 Å². The number of carboxylic acid groups (broad SMARTS) is 1. The minimum Gasteiger partial charge on any atom is -0.478 e. The summed E-state index contributed by atoms with van der Waals surface area (Å²) in [6.45, 7) is 2.05. The Morgan fingerprint density at radius 1 is 1.47 bits per heavy atom. The molecule has 1 rings (SSSR count). The number of aromatic nitrogens is 1. The molecule has 0 saturated heterocycles. The van der Waals surface area contributed by atoms with Gasteiger partial charge in [-0.15, -0.1) is 0 Å². The minimum absolute atomic E-state index is 0.00377. The van der Waals surface area contributed by atoms with E-state index in [0.29, 0.717) is 12.3 Å². The van der Waals surface area contributed by atoms with Gasteiger partial charge in [0.1, 0.15) is 12.1 Å².